The smallest absolute Gasteiger partial charge is 0.172 e. The van der Waals surface area contributed by atoms with Crippen LogP contribution in [0, 0.1) is 0 Å². The van der Waals surface area contributed by atoms with Crippen LogP contribution >= 0.6 is 11.8 Å². The number of rotatable bonds is 9. The number of hydrogen-bond acceptors (Lipinski definition) is 5. The largest absolute Gasteiger partial charge is 0.550 e. The first-order chi connectivity index (χ1) is 10.7. The number of quaternary nitrogens is 1. The summed E-state index contributed by atoms with van der Waals surface area (Å²) in [5, 5.41) is 14.1. The van der Waals surface area contributed by atoms with E-state index in [9.17, 15) is 14.7 Å². The van der Waals surface area contributed by atoms with Crippen molar-refractivity contribution >= 4 is 29.2 Å². The highest BCUT2D eigenvalue weighted by molar-refractivity contribution is 8.00. The number of nitrogens with zero attached hydrogens (tertiary/aromatic N) is 4. The molecule has 0 spiro atoms. The molecule has 1 atom stereocenters. The van der Waals surface area contributed by atoms with Crippen molar-refractivity contribution in [2.45, 2.75) is 11.7 Å². The third-order valence-electron chi connectivity index (χ3n) is 2.95. The molecule has 7 nitrogen and oxygen atoms in total. The van der Waals surface area contributed by atoms with Crippen molar-refractivity contribution in [3.05, 3.63) is 40.3 Å². The van der Waals surface area contributed by atoms with Crippen LogP contribution in [-0.4, -0.2) is 54.9 Å². The molecule has 0 amide bonds. The summed E-state index contributed by atoms with van der Waals surface area (Å²) in [7, 11) is 5.91. The van der Waals surface area contributed by atoms with Crippen LogP contribution in [0.25, 0.3) is 10.4 Å². The molecule has 0 fully saturated rings. The zero-order valence-corrected chi connectivity index (χ0v) is 14.2. The predicted octanol–water partition coefficient (Wildman–Crippen LogP) is 1.76. The normalized spacial score (nSPS) is 12.3. The van der Waals surface area contributed by atoms with E-state index in [1.165, 1.54) is 11.8 Å². The zero-order chi connectivity index (χ0) is 17.5. The van der Waals surface area contributed by atoms with E-state index < -0.39 is 5.97 Å². The quantitative estimate of drug-likeness (QED) is 0.225. The number of thioether (sulfide) groups is 1. The van der Waals surface area contributed by atoms with Crippen LogP contribution < -0.4 is 5.11 Å². The lowest BCUT2D eigenvalue weighted by molar-refractivity contribution is -0.869. The summed E-state index contributed by atoms with van der Waals surface area (Å²) in [6.07, 6.45) is -0.0801. The summed E-state index contributed by atoms with van der Waals surface area (Å²) in [4.78, 5) is 25.7. The Balaban J connectivity index is 2.66. The molecule has 0 bridgehead atoms. The highest BCUT2D eigenvalue weighted by atomic mass is 32.2. The van der Waals surface area contributed by atoms with Gasteiger partial charge in [-0.3, -0.25) is 4.79 Å². The van der Waals surface area contributed by atoms with Gasteiger partial charge >= 0.3 is 0 Å². The van der Waals surface area contributed by atoms with E-state index in [1.54, 1.807) is 24.3 Å². The van der Waals surface area contributed by atoms with Gasteiger partial charge in [0.1, 0.15) is 0 Å². The monoisotopic (exact) mass is 336 g/mol. The van der Waals surface area contributed by atoms with Crippen LogP contribution in [0.3, 0.4) is 0 Å². The van der Waals surface area contributed by atoms with E-state index in [0.717, 1.165) is 0 Å². The van der Waals surface area contributed by atoms with E-state index in [-0.39, 0.29) is 23.2 Å². The van der Waals surface area contributed by atoms with Gasteiger partial charge in [-0.25, -0.2) is 0 Å². The number of benzene rings is 1. The number of azide groups is 1. The average Bonchev–Trinajstić information content (AvgIpc) is 2.43. The minimum Gasteiger partial charge on any atom is -0.550 e. The predicted molar refractivity (Wildman–Crippen MR) is 88.3 cm³/mol. The van der Waals surface area contributed by atoms with Crippen molar-refractivity contribution in [3.63, 3.8) is 0 Å². The number of hydrogen-bond donors (Lipinski definition) is 0. The van der Waals surface area contributed by atoms with Crippen LogP contribution in [0.4, 0.5) is 5.69 Å². The van der Waals surface area contributed by atoms with Gasteiger partial charge in [-0.05, 0) is 5.53 Å². The number of Topliss-reactive ketones (excluding diaryl/α,β-unsaturated/α-hetero) is 1. The maximum absolute atomic E-state index is 12.2. The topological polar surface area (TPSA) is 106 Å². The van der Waals surface area contributed by atoms with Gasteiger partial charge < -0.3 is 14.4 Å². The van der Waals surface area contributed by atoms with Gasteiger partial charge in [0.25, 0.3) is 0 Å². The van der Waals surface area contributed by atoms with Crippen molar-refractivity contribution in [1.29, 1.82) is 0 Å². The highest BCUT2D eigenvalue weighted by Crippen LogP contribution is 2.20. The molecule has 1 aromatic rings. The average molecular weight is 336 g/mol. The minimum atomic E-state index is -1.11. The number of carboxylic acids is 1. The second-order valence-corrected chi connectivity index (χ2v) is 7.43. The molecule has 0 aliphatic rings. The molecule has 0 aliphatic carbocycles. The molecule has 0 aliphatic heterocycles. The Morgan fingerprint density at radius 3 is 2.39 bits per heavy atom. The lowest BCUT2D eigenvalue weighted by atomic mass is 10.1. The van der Waals surface area contributed by atoms with Crippen LogP contribution in [0.15, 0.2) is 29.4 Å². The lowest BCUT2D eigenvalue weighted by Gasteiger charge is -2.29. The molecular formula is C15H20N4O3S. The van der Waals surface area contributed by atoms with Gasteiger partial charge in [0.05, 0.1) is 38.7 Å². The second-order valence-electron chi connectivity index (χ2n) is 6.14. The van der Waals surface area contributed by atoms with Crippen molar-refractivity contribution in [1.82, 2.24) is 0 Å². The van der Waals surface area contributed by atoms with Crippen LogP contribution in [0.1, 0.15) is 16.8 Å². The summed E-state index contributed by atoms with van der Waals surface area (Å²) in [5.41, 5.74) is 9.29. The van der Waals surface area contributed by atoms with E-state index in [2.05, 4.69) is 10.0 Å². The summed E-state index contributed by atoms with van der Waals surface area (Å²) >= 11 is 1.33. The number of carboxylic acid groups (broad SMARTS) is 1. The summed E-state index contributed by atoms with van der Waals surface area (Å²) in [6, 6.07) is 6.34. The molecule has 0 heterocycles. The molecule has 1 unspecified atom stereocenters. The molecule has 0 N–H and O–H groups in total. The summed E-state index contributed by atoms with van der Waals surface area (Å²) in [5.74, 6) is -1.01. The van der Waals surface area contributed by atoms with Crippen LogP contribution in [-0.2, 0) is 4.79 Å². The molecule has 0 aromatic heterocycles. The Morgan fingerprint density at radius 1 is 1.30 bits per heavy atom. The molecule has 1 rings (SSSR count). The minimum absolute atomic E-state index is 0.0801. The molecular weight excluding hydrogens is 316 g/mol. The van der Waals surface area contributed by atoms with Crippen LogP contribution in [0.5, 0.6) is 0 Å². The Hall–Kier alpha value is -2.02. The maximum atomic E-state index is 12.2. The highest BCUT2D eigenvalue weighted by Gasteiger charge is 2.20. The lowest BCUT2D eigenvalue weighted by Crippen LogP contribution is -2.42. The van der Waals surface area contributed by atoms with Crippen molar-refractivity contribution in [2.24, 2.45) is 5.11 Å². The molecule has 0 radical (unpaired) electrons. The van der Waals surface area contributed by atoms with E-state index in [1.807, 2.05) is 21.1 Å². The Labute approximate surface area is 139 Å². The van der Waals surface area contributed by atoms with Crippen molar-refractivity contribution < 1.29 is 19.2 Å². The number of ketones is 1. The number of aliphatic carboxylic acids is 1. The molecule has 1 aromatic carbocycles. The molecule has 8 heteroatoms. The van der Waals surface area contributed by atoms with E-state index in [0.29, 0.717) is 22.3 Å². The fourth-order valence-corrected chi connectivity index (χ4v) is 3.38. The second kappa shape index (κ2) is 8.57. The summed E-state index contributed by atoms with van der Waals surface area (Å²) < 4.78 is 0.611. The molecule has 124 valence electrons. The van der Waals surface area contributed by atoms with E-state index in [4.69, 9.17) is 5.53 Å². The Morgan fingerprint density at radius 2 is 1.91 bits per heavy atom. The van der Waals surface area contributed by atoms with Gasteiger partial charge in [-0.15, -0.1) is 11.8 Å². The third-order valence-corrected chi connectivity index (χ3v) is 4.16. The standard InChI is InChI=1S/C15H20N4O3S/c1-19(2,3)9-13(8-15(21)22)23-10-14(20)11-4-6-12(7-5-11)17-18-16/h4-7,13H,8-10H2,1-3H3. The first-order valence-electron chi connectivity index (χ1n) is 7.01. The van der Waals surface area contributed by atoms with Gasteiger partial charge in [-0.1, -0.05) is 29.4 Å². The Kier molecular flexibility index (Phi) is 7.09. The summed E-state index contributed by atoms with van der Waals surface area (Å²) in [6.45, 7) is 0.627. The SMILES string of the molecule is C[N+](C)(C)CC(CC(=O)[O-])SCC(=O)c1ccc(N=[N+]=[N-])cc1. The third kappa shape index (κ3) is 7.69. The molecule has 0 saturated heterocycles. The van der Waals surface area contributed by atoms with Crippen LogP contribution in [0.2, 0.25) is 0 Å². The van der Waals surface area contributed by atoms with Gasteiger partial charge in [-0.2, -0.15) is 0 Å². The van der Waals surface area contributed by atoms with Gasteiger partial charge in [0, 0.05) is 28.6 Å². The zero-order valence-electron chi connectivity index (χ0n) is 13.4. The Bertz CT molecular complexity index is 604. The van der Waals surface area contributed by atoms with Crippen molar-refractivity contribution in [2.75, 3.05) is 33.4 Å². The fraction of sp³-hybridized carbons (Fsp3) is 0.467. The first-order valence-corrected chi connectivity index (χ1v) is 8.06. The van der Waals surface area contributed by atoms with Gasteiger partial charge in [0.15, 0.2) is 5.78 Å². The molecule has 23 heavy (non-hydrogen) atoms. The molecule has 0 saturated carbocycles. The number of carbonyl (C=O) groups is 2. The first kappa shape index (κ1) is 19.0. The maximum Gasteiger partial charge on any atom is 0.172 e. The fourth-order valence-electron chi connectivity index (χ4n) is 2.02. The number of carbonyl (C=O) groups excluding carboxylic acids is 2. The van der Waals surface area contributed by atoms with E-state index >= 15 is 0 Å². The van der Waals surface area contributed by atoms with Gasteiger partial charge in [0.2, 0.25) is 0 Å². The van der Waals surface area contributed by atoms with Crippen molar-refractivity contribution in [3.8, 4) is 0 Å².